The minimum Gasteiger partial charge on any atom is -0.340 e. The van der Waals surface area contributed by atoms with E-state index in [0.29, 0.717) is 6.54 Å². The van der Waals surface area contributed by atoms with E-state index >= 15 is 0 Å². The summed E-state index contributed by atoms with van der Waals surface area (Å²) < 4.78 is 1.97. The number of carbonyl (C=O) groups is 1. The zero-order chi connectivity index (χ0) is 12.4. The molecule has 5 heteroatoms. The lowest BCUT2D eigenvalue weighted by Gasteiger charge is -2.15. The van der Waals surface area contributed by atoms with Gasteiger partial charge in [-0.05, 0) is 17.7 Å². The van der Waals surface area contributed by atoms with Gasteiger partial charge in [0.15, 0.2) is 0 Å². The standard InChI is InChI=1S/C12H14ClN3O/c1-15(12(17)6-13)7-9-3-4-11-10(5-9)14-8-16(11)2/h3-5,8H,6-7H2,1-2H3. The van der Waals surface area contributed by atoms with Crippen molar-refractivity contribution in [1.29, 1.82) is 0 Å². The van der Waals surface area contributed by atoms with Crippen molar-refractivity contribution in [3.05, 3.63) is 30.1 Å². The van der Waals surface area contributed by atoms with E-state index in [9.17, 15) is 4.79 Å². The van der Waals surface area contributed by atoms with Crippen LogP contribution in [0, 0.1) is 0 Å². The maximum absolute atomic E-state index is 11.4. The van der Waals surface area contributed by atoms with Gasteiger partial charge in [0.25, 0.3) is 0 Å². The SMILES string of the molecule is CN(Cc1ccc2c(c1)ncn2C)C(=O)CCl. The molecule has 17 heavy (non-hydrogen) atoms. The van der Waals surface area contributed by atoms with Crippen LogP contribution in [0.5, 0.6) is 0 Å². The van der Waals surface area contributed by atoms with Crippen LogP contribution in [0.2, 0.25) is 0 Å². The van der Waals surface area contributed by atoms with Crippen molar-refractivity contribution in [1.82, 2.24) is 14.5 Å². The number of hydrogen-bond donors (Lipinski definition) is 0. The van der Waals surface area contributed by atoms with Crippen molar-refractivity contribution in [3.8, 4) is 0 Å². The molecule has 1 aromatic heterocycles. The van der Waals surface area contributed by atoms with Crippen LogP contribution in [-0.4, -0.2) is 33.3 Å². The number of benzene rings is 1. The van der Waals surface area contributed by atoms with Gasteiger partial charge in [0.2, 0.25) is 5.91 Å². The minimum absolute atomic E-state index is 0.0162. The molecule has 1 heterocycles. The van der Waals surface area contributed by atoms with E-state index in [4.69, 9.17) is 11.6 Å². The Morgan fingerprint density at radius 3 is 3.00 bits per heavy atom. The third-order valence-corrected chi connectivity index (χ3v) is 2.98. The first kappa shape index (κ1) is 11.9. The van der Waals surface area contributed by atoms with Crippen LogP contribution in [0.4, 0.5) is 0 Å². The van der Waals surface area contributed by atoms with Crippen molar-refractivity contribution in [3.63, 3.8) is 0 Å². The topological polar surface area (TPSA) is 38.1 Å². The molecule has 0 aliphatic rings. The van der Waals surface area contributed by atoms with Gasteiger partial charge in [0.1, 0.15) is 5.88 Å². The highest BCUT2D eigenvalue weighted by molar-refractivity contribution is 6.27. The minimum atomic E-state index is -0.0761. The van der Waals surface area contributed by atoms with E-state index in [2.05, 4.69) is 4.98 Å². The van der Waals surface area contributed by atoms with Crippen LogP contribution >= 0.6 is 11.6 Å². The van der Waals surface area contributed by atoms with Gasteiger partial charge >= 0.3 is 0 Å². The van der Waals surface area contributed by atoms with Gasteiger partial charge in [-0.2, -0.15) is 0 Å². The fourth-order valence-electron chi connectivity index (χ4n) is 1.74. The van der Waals surface area contributed by atoms with Gasteiger partial charge in [0.05, 0.1) is 17.4 Å². The smallest absolute Gasteiger partial charge is 0.237 e. The van der Waals surface area contributed by atoms with E-state index in [1.165, 1.54) is 0 Å². The summed E-state index contributed by atoms with van der Waals surface area (Å²) >= 11 is 5.50. The number of amides is 1. The fourth-order valence-corrected chi connectivity index (χ4v) is 1.95. The van der Waals surface area contributed by atoms with Gasteiger partial charge < -0.3 is 9.47 Å². The van der Waals surface area contributed by atoms with E-state index in [-0.39, 0.29) is 11.8 Å². The Labute approximate surface area is 105 Å². The van der Waals surface area contributed by atoms with Crippen molar-refractivity contribution >= 4 is 28.5 Å². The highest BCUT2D eigenvalue weighted by atomic mass is 35.5. The Hall–Kier alpha value is -1.55. The molecule has 0 spiro atoms. The summed E-state index contributed by atoms with van der Waals surface area (Å²) in [7, 11) is 3.70. The Bertz CT molecular complexity index is 550. The molecule has 90 valence electrons. The first-order chi connectivity index (χ1) is 8.11. The summed E-state index contributed by atoms with van der Waals surface area (Å²) in [5, 5.41) is 0. The van der Waals surface area contributed by atoms with Crippen molar-refractivity contribution in [2.75, 3.05) is 12.9 Å². The summed E-state index contributed by atoms with van der Waals surface area (Å²) in [4.78, 5) is 17.3. The van der Waals surface area contributed by atoms with E-state index in [1.807, 2.05) is 29.8 Å². The molecule has 2 rings (SSSR count). The molecular weight excluding hydrogens is 238 g/mol. The second-order valence-electron chi connectivity index (χ2n) is 4.06. The molecule has 0 fully saturated rings. The monoisotopic (exact) mass is 251 g/mol. The molecule has 0 aliphatic heterocycles. The lowest BCUT2D eigenvalue weighted by molar-refractivity contribution is -0.127. The van der Waals surface area contributed by atoms with Crippen LogP contribution in [0.25, 0.3) is 11.0 Å². The maximum Gasteiger partial charge on any atom is 0.237 e. The van der Waals surface area contributed by atoms with Gasteiger partial charge in [-0.25, -0.2) is 4.98 Å². The molecular formula is C12H14ClN3O. The van der Waals surface area contributed by atoms with Gasteiger partial charge in [0, 0.05) is 20.6 Å². The number of halogens is 1. The summed E-state index contributed by atoms with van der Waals surface area (Å²) in [6, 6.07) is 6.01. The largest absolute Gasteiger partial charge is 0.340 e. The number of carbonyl (C=O) groups excluding carboxylic acids is 1. The number of rotatable bonds is 3. The second-order valence-corrected chi connectivity index (χ2v) is 4.33. The van der Waals surface area contributed by atoms with Crippen LogP contribution in [0.15, 0.2) is 24.5 Å². The summed E-state index contributed by atoms with van der Waals surface area (Å²) in [5.41, 5.74) is 3.08. The number of hydrogen-bond acceptors (Lipinski definition) is 2. The molecule has 0 atom stereocenters. The Morgan fingerprint density at radius 1 is 1.53 bits per heavy atom. The number of aryl methyl sites for hydroxylation is 1. The molecule has 0 unspecified atom stereocenters. The lowest BCUT2D eigenvalue weighted by atomic mass is 10.2. The summed E-state index contributed by atoms with van der Waals surface area (Å²) in [6.07, 6.45) is 1.78. The molecule has 1 amide bonds. The predicted molar refractivity (Wildman–Crippen MR) is 67.9 cm³/mol. The van der Waals surface area contributed by atoms with Crippen LogP contribution in [-0.2, 0) is 18.4 Å². The number of alkyl halides is 1. The molecule has 1 aromatic carbocycles. The molecule has 2 aromatic rings. The quantitative estimate of drug-likeness (QED) is 0.780. The molecule has 4 nitrogen and oxygen atoms in total. The van der Waals surface area contributed by atoms with Crippen molar-refractivity contribution in [2.24, 2.45) is 7.05 Å². The zero-order valence-electron chi connectivity index (χ0n) is 9.85. The highest BCUT2D eigenvalue weighted by Crippen LogP contribution is 2.15. The second kappa shape index (κ2) is 4.75. The Morgan fingerprint density at radius 2 is 2.29 bits per heavy atom. The third-order valence-electron chi connectivity index (χ3n) is 2.75. The zero-order valence-corrected chi connectivity index (χ0v) is 10.6. The highest BCUT2D eigenvalue weighted by Gasteiger charge is 2.08. The van der Waals surface area contributed by atoms with E-state index in [1.54, 1.807) is 18.3 Å². The summed E-state index contributed by atoms with van der Waals surface area (Å²) in [6.45, 7) is 0.554. The van der Waals surface area contributed by atoms with E-state index in [0.717, 1.165) is 16.6 Å². The molecule has 0 N–H and O–H groups in total. The molecule has 0 bridgehead atoms. The number of aromatic nitrogens is 2. The predicted octanol–water partition coefficient (Wildman–Crippen LogP) is 1.77. The Balaban J connectivity index is 2.22. The number of fused-ring (bicyclic) bond motifs is 1. The number of imidazole rings is 1. The van der Waals surface area contributed by atoms with Gasteiger partial charge in [-0.15, -0.1) is 11.6 Å². The van der Waals surface area contributed by atoms with Crippen LogP contribution in [0.3, 0.4) is 0 Å². The molecule has 0 saturated heterocycles. The van der Waals surface area contributed by atoms with Crippen LogP contribution in [0.1, 0.15) is 5.56 Å². The average Bonchev–Trinajstić information content (AvgIpc) is 2.69. The van der Waals surface area contributed by atoms with Gasteiger partial charge in [-0.1, -0.05) is 6.07 Å². The maximum atomic E-state index is 11.4. The fraction of sp³-hybridized carbons (Fsp3) is 0.333. The lowest BCUT2D eigenvalue weighted by Crippen LogP contribution is -2.27. The Kier molecular flexibility index (Phi) is 3.33. The van der Waals surface area contributed by atoms with Crippen molar-refractivity contribution < 1.29 is 4.79 Å². The third kappa shape index (κ3) is 2.42. The average molecular weight is 252 g/mol. The molecule has 0 aliphatic carbocycles. The van der Waals surface area contributed by atoms with E-state index < -0.39 is 0 Å². The first-order valence-corrected chi connectivity index (χ1v) is 5.85. The molecule has 0 radical (unpaired) electrons. The van der Waals surface area contributed by atoms with Gasteiger partial charge in [-0.3, -0.25) is 4.79 Å². The summed E-state index contributed by atoms with van der Waals surface area (Å²) in [5.74, 6) is -0.0599. The normalized spacial score (nSPS) is 10.8. The van der Waals surface area contributed by atoms with Crippen LogP contribution < -0.4 is 0 Å². The first-order valence-electron chi connectivity index (χ1n) is 5.31. The number of nitrogens with zero attached hydrogens (tertiary/aromatic N) is 3. The van der Waals surface area contributed by atoms with Crippen molar-refractivity contribution in [2.45, 2.75) is 6.54 Å². The molecule has 0 saturated carbocycles.